The van der Waals surface area contributed by atoms with Gasteiger partial charge in [0.2, 0.25) is 0 Å². The van der Waals surface area contributed by atoms with Crippen LogP contribution in [-0.2, 0) is 10.4 Å². The van der Waals surface area contributed by atoms with Gasteiger partial charge < -0.3 is 4.84 Å². The molecule has 0 saturated carbocycles. The van der Waals surface area contributed by atoms with Crippen molar-refractivity contribution in [1.82, 2.24) is 4.98 Å². The van der Waals surface area contributed by atoms with E-state index < -0.39 is 18.2 Å². The second kappa shape index (κ2) is 9.44. The zero-order chi connectivity index (χ0) is 25.5. The minimum absolute atomic E-state index is 0.0518. The number of amides is 1. The van der Waals surface area contributed by atoms with Crippen LogP contribution in [0.3, 0.4) is 0 Å². The summed E-state index contributed by atoms with van der Waals surface area (Å²) in [5.74, 6) is 0.124. The maximum absolute atomic E-state index is 14.2. The smallest absolute Gasteiger partial charge is 0.374 e. The summed E-state index contributed by atoms with van der Waals surface area (Å²) in [6.45, 7) is 1.70. The molecule has 2 heterocycles. The fraction of sp³-hybridized carbons (Fsp3) is 0.208. The fourth-order valence-electron chi connectivity index (χ4n) is 3.80. The van der Waals surface area contributed by atoms with Crippen molar-refractivity contribution < 1.29 is 22.8 Å². The van der Waals surface area contributed by atoms with Crippen LogP contribution >= 0.6 is 39.1 Å². The van der Waals surface area contributed by atoms with Crippen LogP contribution in [0.4, 0.5) is 19.0 Å². The molecule has 4 rings (SSSR count). The third-order valence-corrected chi connectivity index (χ3v) is 6.53. The van der Waals surface area contributed by atoms with Crippen LogP contribution in [0.2, 0.25) is 10.0 Å². The SMILES string of the molecule is Cc1cc(C2=NOC(c3cc(Cl)cc(Cl)c3)(C(F)(F)F)C2)ccc1C(=O)N(C)c1cccc(Br)n1. The normalized spacial score (nSPS) is 17.7. The van der Waals surface area contributed by atoms with Gasteiger partial charge in [0.05, 0.1) is 5.71 Å². The predicted octanol–water partition coefficient (Wildman–Crippen LogP) is 7.32. The molecule has 0 radical (unpaired) electrons. The van der Waals surface area contributed by atoms with Crippen molar-refractivity contribution in [2.75, 3.05) is 11.9 Å². The molecule has 2 aromatic carbocycles. The summed E-state index contributed by atoms with van der Waals surface area (Å²) in [5.41, 5.74) is -1.54. The molecule has 0 N–H and O–H groups in total. The van der Waals surface area contributed by atoms with Gasteiger partial charge >= 0.3 is 6.18 Å². The van der Waals surface area contributed by atoms with E-state index in [-0.39, 0.29) is 27.2 Å². The van der Waals surface area contributed by atoms with E-state index in [2.05, 4.69) is 26.1 Å². The van der Waals surface area contributed by atoms with Gasteiger partial charge in [-0.3, -0.25) is 9.69 Å². The molecular formula is C24H17BrCl2F3N3O2. The zero-order valence-corrected chi connectivity index (χ0v) is 21.4. The molecule has 0 bridgehead atoms. The van der Waals surface area contributed by atoms with Crippen molar-refractivity contribution >= 4 is 56.6 Å². The van der Waals surface area contributed by atoms with Crippen LogP contribution in [-0.4, -0.2) is 29.8 Å². The number of alkyl halides is 3. The lowest BCUT2D eigenvalue weighted by Gasteiger charge is -2.29. The molecule has 182 valence electrons. The van der Waals surface area contributed by atoms with E-state index in [9.17, 15) is 18.0 Å². The highest BCUT2D eigenvalue weighted by atomic mass is 79.9. The zero-order valence-electron chi connectivity index (χ0n) is 18.3. The summed E-state index contributed by atoms with van der Waals surface area (Å²) < 4.78 is 43.3. The second-order valence-corrected chi connectivity index (χ2v) is 9.69. The highest BCUT2D eigenvalue weighted by molar-refractivity contribution is 9.10. The van der Waals surface area contributed by atoms with Crippen LogP contribution in [0, 0.1) is 6.92 Å². The van der Waals surface area contributed by atoms with E-state index in [0.29, 0.717) is 27.1 Å². The van der Waals surface area contributed by atoms with Crippen molar-refractivity contribution in [3.05, 3.63) is 91.5 Å². The summed E-state index contributed by atoms with van der Waals surface area (Å²) in [6, 6.07) is 13.6. The van der Waals surface area contributed by atoms with Gasteiger partial charge in [0.25, 0.3) is 11.5 Å². The minimum Gasteiger partial charge on any atom is -0.374 e. The molecule has 1 amide bonds. The highest BCUT2D eigenvalue weighted by Gasteiger charge is 2.62. The van der Waals surface area contributed by atoms with Gasteiger partial charge in [-0.2, -0.15) is 13.2 Å². The molecule has 0 saturated heterocycles. The molecule has 35 heavy (non-hydrogen) atoms. The quantitative estimate of drug-likeness (QED) is 0.301. The molecule has 1 aliphatic rings. The summed E-state index contributed by atoms with van der Waals surface area (Å²) in [5, 5.41) is 3.87. The topological polar surface area (TPSA) is 54.8 Å². The Kier molecular flexibility index (Phi) is 6.87. The number of pyridine rings is 1. The Morgan fingerprint density at radius 2 is 1.80 bits per heavy atom. The van der Waals surface area contributed by atoms with Crippen molar-refractivity contribution in [1.29, 1.82) is 0 Å². The first-order chi connectivity index (χ1) is 16.4. The first-order valence-corrected chi connectivity index (χ1v) is 11.8. The molecular weight excluding hydrogens is 570 g/mol. The number of aryl methyl sites for hydroxylation is 1. The number of carbonyl (C=O) groups excluding carboxylic acids is 1. The van der Waals surface area contributed by atoms with Crippen LogP contribution in [0.5, 0.6) is 0 Å². The number of anilines is 1. The van der Waals surface area contributed by atoms with Gasteiger partial charge in [0, 0.05) is 34.6 Å². The molecule has 5 nitrogen and oxygen atoms in total. The lowest BCUT2D eigenvalue weighted by molar-refractivity contribution is -0.275. The summed E-state index contributed by atoms with van der Waals surface area (Å²) in [7, 11) is 1.59. The summed E-state index contributed by atoms with van der Waals surface area (Å²) in [6.07, 6.45) is -5.38. The lowest BCUT2D eigenvalue weighted by Crippen LogP contribution is -2.42. The number of benzene rings is 2. The van der Waals surface area contributed by atoms with Crippen LogP contribution in [0.25, 0.3) is 0 Å². The van der Waals surface area contributed by atoms with Gasteiger partial charge in [-0.1, -0.05) is 40.5 Å². The monoisotopic (exact) mass is 585 g/mol. The molecule has 1 aromatic heterocycles. The minimum atomic E-state index is -4.79. The Labute approximate surface area is 217 Å². The van der Waals surface area contributed by atoms with E-state index in [1.54, 1.807) is 50.4 Å². The van der Waals surface area contributed by atoms with Gasteiger partial charge in [-0.25, -0.2) is 4.98 Å². The van der Waals surface area contributed by atoms with Crippen LogP contribution < -0.4 is 4.90 Å². The predicted molar refractivity (Wildman–Crippen MR) is 132 cm³/mol. The maximum Gasteiger partial charge on any atom is 0.435 e. The first-order valence-electron chi connectivity index (χ1n) is 10.2. The van der Waals surface area contributed by atoms with Crippen LogP contribution in [0.15, 0.2) is 64.4 Å². The Balaban J connectivity index is 1.63. The Morgan fingerprint density at radius 3 is 2.40 bits per heavy atom. The van der Waals surface area contributed by atoms with E-state index in [1.807, 2.05) is 0 Å². The maximum atomic E-state index is 14.2. The van der Waals surface area contributed by atoms with E-state index in [0.717, 1.165) is 12.1 Å². The van der Waals surface area contributed by atoms with Gasteiger partial charge in [-0.05, 0) is 76.4 Å². The van der Waals surface area contributed by atoms with Crippen molar-refractivity contribution in [3.8, 4) is 0 Å². The first kappa shape index (κ1) is 25.5. The average Bonchev–Trinajstić information content (AvgIpc) is 3.24. The third-order valence-electron chi connectivity index (χ3n) is 5.65. The molecule has 0 fully saturated rings. The van der Waals surface area contributed by atoms with Crippen molar-refractivity contribution in [2.45, 2.75) is 25.1 Å². The molecule has 11 heteroatoms. The fourth-order valence-corrected chi connectivity index (χ4v) is 4.66. The van der Waals surface area contributed by atoms with Crippen molar-refractivity contribution in [2.24, 2.45) is 5.16 Å². The molecule has 0 spiro atoms. The number of rotatable bonds is 4. The molecule has 3 aromatic rings. The molecule has 1 unspecified atom stereocenters. The number of hydrogen-bond acceptors (Lipinski definition) is 4. The Bertz CT molecular complexity index is 1330. The van der Waals surface area contributed by atoms with Crippen molar-refractivity contribution in [3.63, 3.8) is 0 Å². The van der Waals surface area contributed by atoms with Gasteiger partial charge in [-0.15, -0.1) is 0 Å². The molecule has 1 aliphatic heterocycles. The number of oxime groups is 1. The standard InChI is InChI=1S/C24H17BrCl2F3N3O2/c1-13-8-14(6-7-18(13)22(34)33(2)21-5-3-4-20(25)31-21)19-12-23(35-32-19,24(28,29)30)15-9-16(26)11-17(27)10-15/h3-11H,12H2,1-2H3. The Morgan fingerprint density at radius 1 is 1.11 bits per heavy atom. The van der Waals surface area contributed by atoms with Crippen LogP contribution in [0.1, 0.15) is 33.5 Å². The highest BCUT2D eigenvalue weighted by Crippen LogP contribution is 2.49. The summed E-state index contributed by atoms with van der Waals surface area (Å²) >= 11 is 15.2. The second-order valence-electron chi connectivity index (χ2n) is 8.00. The van der Waals surface area contributed by atoms with E-state index in [4.69, 9.17) is 28.0 Å². The molecule has 0 aliphatic carbocycles. The van der Waals surface area contributed by atoms with Gasteiger partial charge in [0.1, 0.15) is 10.4 Å². The Hall–Kier alpha value is -2.62. The number of carbonyl (C=O) groups is 1. The number of hydrogen-bond donors (Lipinski definition) is 0. The lowest BCUT2D eigenvalue weighted by atomic mass is 9.86. The number of nitrogens with zero attached hydrogens (tertiary/aromatic N) is 3. The number of halogens is 6. The van der Waals surface area contributed by atoms with E-state index >= 15 is 0 Å². The number of aromatic nitrogens is 1. The van der Waals surface area contributed by atoms with Gasteiger partial charge in [0.15, 0.2) is 0 Å². The molecule has 1 atom stereocenters. The largest absolute Gasteiger partial charge is 0.435 e. The average molecular weight is 587 g/mol. The third kappa shape index (κ3) is 4.90. The summed E-state index contributed by atoms with van der Waals surface area (Å²) in [4.78, 5) is 23.7. The van der Waals surface area contributed by atoms with E-state index in [1.165, 1.54) is 11.0 Å².